The molecule has 0 atom stereocenters. The van der Waals surface area contributed by atoms with Gasteiger partial charge in [0.05, 0.1) is 32.1 Å². The van der Waals surface area contributed by atoms with Crippen molar-refractivity contribution in [3.05, 3.63) is 65.7 Å². The first-order chi connectivity index (χ1) is 17.2. The predicted octanol–water partition coefficient (Wildman–Crippen LogP) is 6.76. The van der Waals surface area contributed by atoms with Gasteiger partial charge in [0.25, 0.3) is 5.91 Å². The largest absolute Gasteiger partial charge is 0.345 e. The summed E-state index contributed by atoms with van der Waals surface area (Å²) in [6.07, 6.45) is -0.286. The lowest BCUT2D eigenvalue weighted by atomic mass is 10.0. The lowest BCUT2D eigenvalue weighted by molar-refractivity contribution is 0.0980. The van der Waals surface area contributed by atoms with Crippen molar-refractivity contribution in [1.29, 1.82) is 0 Å². The van der Waals surface area contributed by atoms with Gasteiger partial charge in [0, 0.05) is 17.5 Å². The number of rotatable bonds is 16. The van der Waals surface area contributed by atoms with Gasteiger partial charge in [-0.15, -0.1) is 0 Å². The number of carbonyl (C=O) groups is 2. The molecule has 198 valence electrons. The van der Waals surface area contributed by atoms with Crippen LogP contribution >= 0.6 is 15.2 Å². The molecule has 0 aromatic heterocycles. The zero-order valence-electron chi connectivity index (χ0n) is 21.2. The van der Waals surface area contributed by atoms with Crippen LogP contribution in [0.1, 0.15) is 61.3 Å². The van der Waals surface area contributed by atoms with Crippen molar-refractivity contribution in [2.45, 2.75) is 45.9 Å². The molecule has 0 bridgehead atoms. The standard InChI is InChI=1S/C25H35NO8P2/c1-5-31-35(29,32-6-2)24(36(30,33-7-3)34-8-4)19-18-23(27)21-16-12-13-17-22(21)26-25(28)20-14-10-9-11-15-20/h9-17,24H,5-8,18-19H2,1-4H3,(H,26,28). The van der Waals surface area contributed by atoms with Gasteiger partial charge < -0.3 is 23.4 Å². The van der Waals surface area contributed by atoms with Crippen molar-refractivity contribution in [2.24, 2.45) is 0 Å². The van der Waals surface area contributed by atoms with E-state index in [-0.39, 0.29) is 56.5 Å². The quantitative estimate of drug-likeness (QED) is 0.184. The van der Waals surface area contributed by atoms with Crippen molar-refractivity contribution in [2.75, 3.05) is 31.7 Å². The molecule has 0 radical (unpaired) electrons. The Morgan fingerprint density at radius 1 is 0.750 bits per heavy atom. The maximum Gasteiger partial charge on any atom is 0.345 e. The van der Waals surface area contributed by atoms with E-state index in [1.165, 1.54) is 0 Å². The molecule has 2 rings (SSSR count). The van der Waals surface area contributed by atoms with Gasteiger partial charge in [-0.05, 0) is 58.4 Å². The highest BCUT2D eigenvalue weighted by atomic mass is 31.2. The van der Waals surface area contributed by atoms with Crippen molar-refractivity contribution in [1.82, 2.24) is 0 Å². The van der Waals surface area contributed by atoms with Gasteiger partial charge in [-0.25, -0.2) is 0 Å². The maximum absolute atomic E-state index is 13.7. The molecular weight excluding hydrogens is 504 g/mol. The van der Waals surface area contributed by atoms with E-state index >= 15 is 0 Å². The van der Waals surface area contributed by atoms with Crippen molar-refractivity contribution < 1.29 is 36.8 Å². The van der Waals surface area contributed by atoms with Gasteiger partial charge in [0.2, 0.25) is 0 Å². The summed E-state index contributed by atoms with van der Waals surface area (Å²) in [5, 5.41) is 1.48. The van der Waals surface area contributed by atoms with Crippen LogP contribution in [-0.2, 0) is 27.2 Å². The SMILES string of the molecule is CCOP(=O)(OCC)C(CCC(=O)c1ccccc1NC(=O)c1ccccc1)P(=O)(OCC)OCC. The molecular formula is C25H35NO8P2. The minimum Gasteiger partial charge on any atom is -0.321 e. The molecule has 0 saturated heterocycles. The Balaban J connectivity index is 2.33. The van der Waals surface area contributed by atoms with Crippen LogP contribution in [0.5, 0.6) is 0 Å². The fraction of sp³-hybridized carbons (Fsp3) is 0.440. The number of ketones is 1. The summed E-state index contributed by atoms with van der Waals surface area (Å²) >= 11 is 0. The van der Waals surface area contributed by atoms with Gasteiger partial charge in [0.15, 0.2) is 11.2 Å². The summed E-state index contributed by atoms with van der Waals surface area (Å²) in [6.45, 7) is 6.78. The Labute approximate surface area is 212 Å². The Kier molecular flexibility index (Phi) is 12.2. The molecule has 2 aromatic carbocycles. The van der Waals surface area contributed by atoms with E-state index in [1.807, 2.05) is 0 Å². The molecule has 0 aliphatic carbocycles. The number of hydrogen-bond acceptors (Lipinski definition) is 8. The summed E-state index contributed by atoms with van der Waals surface area (Å²) in [5.41, 5.74) is 1.05. The molecule has 1 N–H and O–H groups in total. The second kappa shape index (κ2) is 14.6. The van der Waals surface area contributed by atoms with Gasteiger partial charge in [-0.2, -0.15) is 0 Å². The minimum atomic E-state index is -3.97. The molecule has 0 spiro atoms. The smallest absolute Gasteiger partial charge is 0.321 e. The summed E-state index contributed by atoms with van der Waals surface area (Å²) in [5.74, 6) is -0.703. The first-order valence-electron chi connectivity index (χ1n) is 12.0. The van der Waals surface area contributed by atoms with E-state index in [4.69, 9.17) is 18.1 Å². The molecule has 0 unspecified atom stereocenters. The van der Waals surface area contributed by atoms with Crippen LogP contribution in [0.25, 0.3) is 0 Å². The van der Waals surface area contributed by atoms with Crippen LogP contribution in [0.2, 0.25) is 0 Å². The van der Waals surface area contributed by atoms with E-state index in [2.05, 4.69) is 5.32 Å². The summed E-state index contributed by atoms with van der Waals surface area (Å²) in [6, 6.07) is 15.2. The van der Waals surface area contributed by atoms with Gasteiger partial charge >= 0.3 is 15.2 Å². The van der Waals surface area contributed by atoms with Crippen LogP contribution in [0.15, 0.2) is 54.6 Å². The predicted molar refractivity (Wildman–Crippen MR) is 140 cm³/mol. The normalized spacial score (nSPS) is 12.0. The monoisotopic (exact) mass is 539 g/mol. The van der Waals surface area contributed by atoms with Crippen LogP contribution in [0.3, 0.4) is 0 Å². The number of hydrogen-bond donors (Lipinski definition) is 1. The molecule has 1 amide bonds. The van der Waals surface area contributed by atoms with E-state index in [1.54, 1.807) is 82.3 Å². The number of para-hydroxylation sites is 1. The van der Waals surface area contributed by atoms with Crippen molar-refractivity contribution in [3.63, 3.8) is 0 Å². The Hall–Kier alpha value is -2.12. The van der Waals surface area contributed by atoms with Gasteiger partial charge in [0.1, 0.15) is 0 Å². The molecule has 0 heterocycles. The second-order valence-corrected chi connectivity index (χ2v) is 12.4. The number of carbonyl (C=O) groups excluding carboxylic acids is 2. The number of amides is 1. The average molecular weight is 540 g/mol. The van der Waals surface area contributed by atoms with Crippen LogP contribution in [0.4, 0.5) is 5.69 Å². The minimum absolute atomic E-state index is 0.0499. The number of anilines is 1. The zero-order chi connectivity index (χ0) is 26.6. The fourth-order valence-corrected chi connectivity index (χ4v) is 9.00. The number of benzene rings is 2. The molecule has 0 saturated carbocycles. The van der Waals surface area contributed by atoms with Crippen molar-refractivity contribution in [3.8, 4) is 0 Å². The zero-order valence-corrected chi connectivity index (χ0v) is 23.0. The van der Waals surface area contributed by atoms with E-state index in [9.17, 15) is 18.7 Å². The number of nitrogens with one attached hydrogen (secondary N) is 1. The third kappa shape index (κ3) is 7.94. The Morgan fingerprint density at radius 2 is 1.22 bits per heavy atom. The summed E-state index contributed by atoms with van der Waals surface area (Å²) in [4.78, 5) is 25.9. The highest BCUT2D eigenvalue weighted by Crippen LogP contribution is 2.71. The first kappa shape index (κ1) is 30.1. The van der Waals surface area contributed by atoms with Crippen LogP contribution in [-0.4, -0.2) is 43.5 Å². The summed E-state index contributed by atoms with van der Waals surface area (Å²) in [7, 11) is -7.94. The van der Waals surface area contributed by atoms with E-state index < -0.39 is 20.6 Å². The molecule has 0 aliphatic heterocycles. The van der Waals surface area contributed by atoms with Crippen molar-refractivity contribution >= 4 is 32.6 Å². The maximum atomic E-state index is 13.7. The molecule has 0 fully saturated rings. The van der Waals surface area contributed by atoms with E-state index in [0.29, 0.717) is 11.3 Å². The fourth-order valence-electron chi connectivity index (χ4n) is 3.64. The molecule has 0 aliphatic rings. The topological polar surface area (TPSA) is 117 Å². The summed E-state index contributed by atoms with van der Waals surface area (Å²) < 4.78 is 49.2. The highest BCUT2D eigenvalue weighted by molar-refractivity contribution is 7.72. The lowest BCUT2D eigenvalue weighted by Crippen LogP contribution is -2.20. The molecule has 2 aromatic rings. The van der Waals surface area contributed by atoms with Gasteiger partial charge in [-0.3, -0.25) is 18.7 Å². The molecule has 36 heavy (non-hydrogen) atoms. The van der Waals surface area contributed by atoms with E-state index in [0.717, 1.165) is 0 Å². The van der Waals surface area contributed by atoms with Crippen LogP contribution < -0.4 is 5.32 Å². The third-order valence-electron chi connectivity index (χ3n) is 5.11. The Bertz CT molecular complexity index is 1040. The Morgan fingerprint density at radius 3 is 1.72 bits per heavy atom. The third-order valence-corrected chi connectivity index (χ3v) is 11.3. The average Bonchev–Trinajstić information content (AvgIpc) is 2.85. The molecule has 9 nitrogen and oxygen atoms in total. The molecule has 11 heteroatoms. The van der Waals surface area contributed by atoms with Gasteiger partial charge in [-0.1, -0.05) is 30.3 Å². The first-order valence-corrected chi connectivity index (χ1v) is 15.2. The highest BCUT2D eigenvalue weighted by Gasteiger charge is 2.50. The number of Topliss-reactive ketones (excluding diaryl/α,β-unsaturated/α-hetero) is 1. The second-order valence-electron chi connectivity index (χ2n) is 7.56. The van der Waals surface area contributed by atoms with Crippen LogP contribution in [0, 0.1) is 0 Å². The lowest BCUT2D eigenvalue weighted by Gasteiger charge is -2.31.